The fourth-order valence-corrected chi connectivity index (χ4v) is 0.852. The number of aliphatic carboxylic acids is 1. The fraction of sp³-hybridized carbons (Fsp3) is 0.875. The highest BCUT2D eigenvalue weighted by Crippen LogP contribution is 2.12. The molecule has 0 aliphatic carbocycles. The van der Waals surface area contributed by atoms with E-state index in [9.17, 15) is 9.90 Å². The van der Waals surface area contributed by atoms with Crippen molar-refractivity contribution < 1.29 is 15.0 Å². The van der Waals surface area contributed by atoms with E-state index in [0.717, 1.165) is 0 Å². The molecule has 0 spiro atoms. The Labute approximate surface area is 67.0 Å². The van der Waals surface area contributed by atoms with E-state index in [1.54, 1.807) is 0 Å². The van der Waals surface area contributed by atoms with Crippen molar-refractivity contribution in [2.75, 3.05) is 0 Å². The van der Waals surface area contributed by atoms with Gasteiger partial charge in [0.25, 0.3) is 0 Å². The molecule has 2 unspecified atom stereocenters. The maximum absolute atomic E-state index is 10.4. The van der Waals surface area contributed by atoms with E-state index in [0.29, 0.717) is 12.3 Å². The minimum Gasteiger partial charge on any atom is -0.481 e. The monoisotopic (exact) mass is 160 g/mol. The van der Waals surface area contributed by atoms with Crippen molar-refractivity contribution in [2.24, 2.45) is 11.8 Å². The van der Waals surface area contributed by atoms with E-state index >= 15 is 0 Å². The summed E-state index contributed by atoms with van der Waals surface area (Å²) in [5.41, 5.74) is 0. The van der Waals surface area contributed by atoms with Crippen LogP contribution in [0.4, 0.5) is 0 Å². The molecule has 0 amide bonds. The van der Waals surface area contributed by atoms with Gasteiger partial charge < -0.3 is 10.2 Å². The van der Waals surface area contributed by atoms with Crippen molar-refractivity contribution in [2.45, 2.75) is 33.3 Å². The van der Waals surface area contributed by atoms with E-state index in [2.05, 4.69) is 0 Å². The highest BCUT2D eigenvalue weighted by atomic mass is 16.4. The number of hydrogen-bond donors (Lipinski definition) is 2. The molecule has 0 rings (SSSR count). The highest BCUT2D eigenvalue weighted by Gasteiger charge is 2.21. The second-order valence-corrected chi connectivity index (χ2v) is 3.32. The van der Waals surface area contributed by atoms with Gasteiger partial charge in [0, 0.05) is 0 Å². The van der Waals surface area contributed by atoms with Crippen LogP contribution in [0.5, 0.6) is 0 Å². The van der Waals surface area contributed by atoms with Crippen LogP contribution in [0, 0.1) is 11.8 Å². The van der Waals surface area contributed by atoms with E-state index in [1.165, 1.54) is 6.92 Å². The lowest BCUT2D eigenvalue weighted by molar-refractivity contribution is -0.145. The standard InChI is InChI=1S/C8H16O3/c1-5(2)4-7(9)6(3)8(10)11/h5-7,9H,4H2,1-3H3,(H,10,11). The van der Waals surface area contributed by atoms with Crippen LogP contribution in [0.2, 0.25) is 0 Å². The molecule has 3 heteroatoms. The minimum atomic E-state index is -0.932. The molecule has 0 aromatic carbocycles. The van der Waals surface area contributed by atoms with Gasteiger partial charge in [0.15, 0.2) is 0 Å². The first-order valence-corrected chi connectivity index (χ1v) is 3.86. The van der Waals surface area contributed by atoms with Gasteiger partial charge in [-0.1, -0.05) is 13.8 Å². The average molecular weight is 160 g/mol. The summed E-state index contributed by atoms with van der Waals surface area (Å²) < 4.78 is 0. The molecule has 2 atom stereocenters. The third-order valence-corrected chi connectivity index (χ3v) is 1.68. The predicted molar refractivity (Wildman–Crippen MR) is 42.3 cm³/mol. The summed E-state index contributed by atoms with van der Waals surface area (Å²) >= 11 is 0. The molecule has 3 nitrogen and oxygen atoms in total. The predicted octanol–water partition coefficient (Wildman–Crippen LogP) is 1.11. The SMILES string of the molecule is CC(C)CC(O)C(C)C(=O)O. The summed E-state index contributed by atoms with van der Waals surface area (Å²) in [6.45, 7) is 5.44. The Kier molecular flexibility index (Phi) is 4.11. The van der Waals surface area contributed by atoms with Gasteiger partial charge in [0.2, 0.25) is 0 Å². The topological polar surface area (TPSA) is 57.5 Å². The highest BCUT2D eigenvalue weighted by molar-refractivity contribution is 5.70. The van der Waals surface area contributed by atoms with Crippen LogP contribution in [0.3, 0.4) is 0 Å². The molecule has 2 N–H and O–H groups in total. The van der Waals surface area contributed by atoms with E-state index in [1.807, 2.05) is 13.8 Å². The van der Waals surface area contributed by atoms with Gasteiger partial charge in [-0.3, -0.25) is 4.79 Å². The van der Waals surface area contributed by atoms with Crippen molar-refractivity contribution >= 4 is 5.97 Å². The Morgan fingerprint density at radius 2 is 1.82 bits per heavy atom. The van der Waals surface area contributed by atoms with E-state index in [-0.39, 0.29) is 0 Å². The van der Waals surface area contributed by atoms with Crippen LogP contribution < -0.4 is 0 Å². The first kappa shape index (κ1) is 10.4. The van der Waals surface area contributed by atoms with E-state index in [4.69, 9.17) is 5.11 Å². The lowest BCUT2D eigenvalue weighted by atomic mass is 9.96. The molecular formula is C8H16O3. The summed E-state index contributed by atoms with van der Waals surface area (Å²) in [7, 11) is 0. The van der Waals surface area contributed by atoms with Crippen LogP contribution in [0.25, 0.3) is 0 Å². The molecular weight excluding hydrogens is 144 g/mol. The molecule has 0 saturated carbocycles. The Hall–Kier alpha value is -0.570. The van der Waals surface area contributed by atoms with Crippen LogP contribution in [-0.4, -0.2) is 22.3 Å². The lowest BCUT2D eigenvalue weighted by Crippen LogP contribution is -2.26. The van der Waals surface area contributed by atoms with Crippen LogP contribution in [0.1, 0.15) is 27.2 Å². The fourth-order valence-electron chi connectivity index (χ4n) is 0.852. The Morgan fingerprint density at radius 1 is 1.36 bits per heavy atom. The van der Waals surface area contributed by atoms with Gasteiger partial charge in [0.05, 0.1) is 12.0 Å². The van der Waals surface area contributed by atoms with Crippen LogP contribution >= 0.6 is 0 Å². The molecule has 0 radical (unpaired) electrons. The van der Waals surface area contributed by atoms with Crippen molar-refractivity contribution in [3.63, 3.8) is 0 Å². The first-order chi connectivity index (χ1) is 4.95. The Bertz CT molecular complexity index is 131. The lowest BCUT2D eigenvalue weighted by Gasteiger charge is -2.16. The quantitative estimate of drug-likeness (QED) is 0.647. The van der Waals surface area contributed by atoms with Gasteiger partial charge in [-0.2, -0.15) is 0 Å². The minimum absolute atomic E-state index is 0.340. The zero-order chi connectivity index (χ0) is 9.02. The van der Waals surface area contributed by atoms with E-state index < -0.39 is 18.0 Å². The smallest absolute Gasteiger partial charge is 0.308 e. The Morgan fingerprint density at radius 3 is 2.09 bits per heavy atom. The van der Waals surface area contributed by atoms with Gasteiger partial charge in [-0.05, 0) is 19.3 Å². The molecule has 11 heavy (non-hydrogen) atoms. The summed E-state index contributed by atoms with van der Waals surface area (Å²) in [4.78, 5) is 10.4. The van der Waals surface area contributed by atoms with Crippen molar-refractivity contribution in [3.8, 4) is 0 Å². The molecule has 66 valence electrons. The van der Waals surface area contributed by atoms with Gasteiger partial charge >= 0.3 is 5.97 Å². The summed E-state index contributed by atoms with van der Waals surface area (Å²) in [5.74, 6) is -1.25. The number of carbonyl (C=O) groups is 1. The second kappa shape index (κ2) is 4.34. The summed E-state index contributed by atoms with van der Waals surface area (Å²) in [5, 5.41) is 17.8. The molecule has 0 saturated heterocycles. The normalized spacial score (nSPS) is 16.5. The third-order valence-electron chi connectivity index (χ3n) is 1.68. The van der Waals surface area contributed by atoms with Crippen LogP contribution in [-0.2, 0) is 4.79 Å². The van der Waals surface area contributed by atoms with Crippen molar-refractivity contribution in [1.29, 1.82) is 0 Å². The average Bonchev–Trinajstić information content (AvgIpc) is 1.84. The number of aliphatic hydroxyl groups excluding tert-OH is 1. The molecule has 0 aliphatic heterocycles. The molecule has 0 aromatic heterocycles. The van der Waals surface area contributed by atoms with Gasteiger partial charge in [0.1, 0.15) is 0 Å². The molecule has 0 heterocycles. The number of carboxylic acid groups (broad SMARTS) is 1. The maximum atomic E-state index is 10.4. The van der Waals surface area contributed by atoms with Crippen molar-refractivity contribution in [3.05, 3.63) is 0 Å². The third kappa shape index (κ3) is 3.98. The Balaban J connectivity index is 3.82. The second-order valence-electron chi connectivity index (χ2n) is 3.32. The van der Waals surface area contributed by atoms with Gasteiger partial charge in [-0.15, -0.1) is 0 Å². The zero-order valence-corrected chi connectivity index (χ0v) is 7.24. The van der Waals surface area contributed by atoms with Gasteiger partial charge in [-0.25, -0.2) is 0 Å². The number of carboxylic acids is 1. The molecule has 0 aliphatic rings. The van der Waals surface area contributed by atoms with Crippen molar-refractivity contribution in [1.82, 2.24) is 0 Å². The largest absolute Gasteiger partial charge is 0.481 e. The molecule has 0 bridgehead atoms. The zero-order valence-electron chi connectivity index (χ0n) is 7.24. The maximum Gasteiger partial charge on any atom is 0.308 e. The summed E-state index contributed by atoms with van der Waals surface area (Å²) in [6.07, 6.45) is -0.166. The first-order valence-electron chi connectivity index (χ1n) is 3.86. The summed E-state index contributed by atoms with van der Waals surface area (Å²) in [6, 6.07) is 0. The number of rotatable bonds is 4. The molecule has 0 fully saturated rings. The number of hydrogen-bond acceptors (Lipinski definition) is 2. The number of aliphatic hydroxyl groups is 1. The molecule has 0 aromatic rings. The van der Waals surface area contributed by atoms with Crippen LogP contribution in [0.15, 0.2) is 0 Å².